The van der Waals surface area contributed by atoms with E-state index >= 15 is 0 Å². The van der Waals surface area contributed by atoms with Crippen molar-refractivity contribution in [1.29, 1.82) is 0 Å². The maximum absolute atomic E-state index is 13.6. The van der Waals surface area contributed by atoms with Gasteiger partial charge in [-0.25, -0.2) is 8.78 Å². The molecule has 1 aromatic heterocycles. The summed E-state index contributed by atoms with van der Waals surface area (Å²) in [6, 6.07) is 4.65. The van der Waals surface area contributed by atoms with Crippen molar-refractivity contribution in [2.75, 3.05) is 7.05 Å². The molecular weight excluding hydrogens is 224 g/mol. The van der Waals surface area contributed by atoms with E-state index in [1.54, 1.807) is 13.1 Å². The lowest BCUT2D eigenvalue weighted by Crippen LogP contribution is -2.19. The molecule has 1 aromatic carbocycles. The third-order valence-electron chi connectivity index (χ3n) is 2.50. The Kier molecular flexibility index (Phi) is 3.39. The normalized spacial score (nSPS) is 12.4. The van der Waals surface area contributed by atoms with E-state index in [1.165, 1.54) is 18.5 Å². The monoisotopic (exact) mass is 235 g/mol. The molecule has 0 aliphatic rings. The van der Waals surface area contributed by atoms with E-state index < -0.39 is 17.7 Å². The minimum Gasteiger partial charge on any atom is -0.309 e. The fraction of sp³-hybridized carbons (Fsp3) is 0.167. The Bertz CT molecular complexity index is 502. The highest BCUT2D eigenvalue weighted by atomic mass is 19.1. The Morgan fingerprint density at radius 1 is 1.18 bits per heavy atom. The zero-order valence-electron chi connectivity index (χ0n) is 9.19. The predicted octanol–water partition coefficient (Wildman–Crippen LogP) is 2.06. The molecule has 1 unspecified atom stereocenters. The van der Waals surface area contributed by atoms with Crippen LogP contribution in [0.25, 0.3) is 0 Å². The SMILES string of the molecule is CNC(c1ccnnc1)c1cc(F)ccc1F. The van der Waals surface area contributed by atoms with Gasteiger partial charge in [0.2, 0.25) is 0 Å². The van der Waals surface area contributed by atoms with Gasteiger partial charge in [0.15, 0.2) is 0 Å². The van der Waals surface area contributed by atoms with E-state index in [9.17, 15) is 8.78 Å². The molecular formula is C12H11F2N3. The van der Waals surface area contributed by atoms with Crippen LogP contribution in [0.15, 0.2) is 36.7 Å². The number of nitrogens with one attached hydrogen (secondary N) is 1. The van der Waals surface area contributed by atoms with Gasteiger partial charge in [-0.15, -0.1) is 0 Å². The number of halogens is 2. The van der Waals surface area contributed by atoms with Crippen LogP contribution in [0.4, 0.5) is 8.78 Å². The molecule has 1 heterocycles. The van der Waals surface area contributed by atoms with Crippen molar-refractivity contribution in [3.63, 3.8) is 0 Å². The Balaban J connectivity index is 2.46. The Labute approximate surface area is 97.5 Å². The van der Waals surface area contributed by atoms with Crippen molar-refractivity contribution < 1.29 is 8.78 Å². The molecule has 88 valence electrons. The molecule has 5 heteroatoms. The zero-order chi connectivity index (χ0) is 12.3. The molecule has 0 bridgehead atoms. The van der Waals surface area contributed by atoms with Gasteiger partial charge in [0.25, 0.3) is 0 Å². The second kappa shape index (κ2) is 4.97. The van der Waals surface area contributed by atoms with Crippen LogP contribution in [0, 0.1) is 11.6 Å². The van der Waals surface area contributed by atoms with E-state index in [2.05, 4.69) is 15.5 Å². The van der Waals surface area contributed by atoms with Gasteiger partial charge in [-0.3, -0.25) is 0 Å². The fourth-order valence-corrected chi connectivity index (χ4v) is 1.71. The first kappa shape index (κ1) is 11.6. The number of benzene rings is 1. The van der Waals surface area contributed by atoms with Gasteiger partial charge in [0, 0.05) is 11.8 Å². The molecule has 0 radical (unpaired) electrons. The van der Waals surface area contributed by atoms with Crippen LogP contribution >= 0.6 is 0 Å². The Morgan fingerprint density at radius 3 is 2.65 bits per heavy atom. The second-order valence-corrected chi connectivity index (χ2v) is 3.56. The highest BCUT2D eigenvalue weighted by Gasteiger charge is 2.17. The molecule has 0 aliphatic carbocycles. The highest BCUT2D eigenvalue weighted by Crippen LogP contribution is 2.23. The smallest absolute Gasteiger partial charge is 0.128 e. The lowest BCUT2D eigenvalue weighted by atomic mass is 10.00. The van der Waals surface area contributed by atoms with Gasteiger partial charge in [-0.1, -0.05) is 0 Å². The largest absolute Gasteiger partial charge is 0.309 e. The number of hydrogen-bond acceptors (Lipinski definition) is 3. The van der Waals surface area contributed by atoms with Crippen LogP contribution in [-0.2, 0) is 0 Å². The van der Waals surface area contributed by atoms with Gasteiger partial charge in [0.1, 0.15) is 11.6 Å². The lowest BCUT2D eigenvalue weighted by molar-refractivity contribution is 0.557. The maximum Gasteiger partial charge on any atom is 0.128 e. The summed E-state index contributed by atoms with van der Waals surface area (Å²) < 4.78 is 26.8. The van der Waals surface area contributed by atoms with Crippen molar-refractivity contribution in [2.24, 2.45) is 0 Å². The lowest BCUT2D eigenvalue weighted by Gasteiger charge is -2.17. The van der Waals surface area contributed by atoms with Crippen molar-refractivity contribution in [1.82, 2.24) is 15.5 Å². The van der Waals surface area contributed by atoms with E-state index in [4.69, 9.17) is 0 Å². The average molecular weight is 235 g/mol. The minimum atomic E-state index is -0.469. The van der Waals surface area contributed by atoms with Crippen molar-refractivity contribution in [2.45, 2.75) is 6.04 Å². The zero-order valence-corrected chi connectivity index (χ0v) is 9.19. The molecule has 0 amide bonds. The summed E-state index contributed by atoms with van der Waals surface area (Å²) in [4.78, 5) is 0. The van der Waals surface area contributed by atoms with Gasteiger partial charge in [-0.05, 0) is 36.9 Å². The number of aromatic nitrogens is 2. The summed E-state index contributed by atoms with van der Waals surface area (Å²) in [6.45, 7) is 0. The summed E-state index contributed by atoms with van der Waals surface area (Å²) in [6.07, 6.45) is 3.03. The minimum absolute atomic E-state index is 0.250. The molecule has 2 rings (SSSR count). The number of hydrogen-bond donors (Lipinski definition) is 1. The van der Waals surface area contributed by atoms with Gasteiger partial charge < -0.3 is 5.32 Å². The number of nitrogens with zero attached hydrogens (tertiary/aromatic N) is 2. The van der Waals surface area contributed by atoms with E-state index in [1.807, 2.05) is 0 Å². The molecule has 0 fully saturated rings. The van der Waals surface area contributed by atoms with Crippen LogP contribution in [0.2, 0.25) is 0 Å². The summed E-state index contributed by atoms with van der Waals surface area (Å²) >= 11 is 0. The average Bonchev–Trinajstić information content (AvgIpc) is 2.36. The first-order valence-corrected chi connectivity index (χ1v) is 5.11. The van der Waals surface area contributed by atoms with E-state index in [0.29, 0.717) is 0 Å². The molecule has 0 saturated carbocycles. The molecule has 1 N–H and O–H groups in total. The summed E-state index contributed by atoms with van der Waals surface area (Å²) in [5, 5.41) is 10.3. The van der Waals surface area contributed by atoms with Gasteiger partial charge >= 0.3 is 0 Å². The van der Waals surface area contributed by atoms with Gasteiger partial charge in [-0.2, -0.15) is 10.2 Å². The predicted molar refractivity (Wildman–Crippen MR) is 59.3 cm³/mol. The Hall–Kier alpha value is -1.88. The molecule has 0 aliphatic heterocycles. The molecule has 17 heavy (non-hydrogen) atoms. The van der Waals surface area contributed by atoms with Crippen LogP contribution in [0.3, 0.4) is 0 Å². The topological polar surface area (TPSA) is 37.8 Å². The highest BCUT2D eigenvalue weighted by molar-refractivity contribution is 5.30. The summed E-state index contributed by atoms with van der Waals surface area (Å²) in [7, 11) is 1.68. The Morgan fingerprint density at radius 2 is 2.00 bits per heavy atom. The van der Waals surface area contributed by atoms with Crippen LogP contribution in [0.1, 0.15) is 17.2 Å². The third kappa shape index (κ3) is 2.45. The maximum atomic E-state index is 13.6. The first-order valence-electron chi connectivity index (χ1n) is 5.11. The molecule has 1 atom stereocenters. The molecule has 2 aromatic rings. The summed E-state index contributed by atoms with van der Waals surface area (Å²) in [5.41, 5.74) is 0.979. The van der Waals surface area contributed by atoms with Crippen molar-refractivity contribution in [3.8, 4) is 0 Å². The van der Waals surface area contributed by atoms with Crippen molar-refractivity contribution in [3.05, 3.63) is 59.4 Å². The fourth-order valence-electron chi connectivity index (χ4n) is 1.71. The van der Waals surface area contributed by atoms with E-state index in [-0.39, 0.29) is 5.56 Å². The molecule has 0 spiro atoms. The molecule has 0 saturated heterocycles. The second-order valence-electron chi connectivity index (χ2n) is 3.56. The third-order valence-corrected chi connectivity index (χ3v) is 2.50. The van der Waals surface area contributed by atoms with Gasteiger partial charge in [0.05, 0.1) is 12.2 Å². The van der Waals surface area contributed by atoms with E-state index in [0.717, 1.165) is 17.7 Å². The molecule has 3 nitrogen and oxygen atoms in total. The van der Waals surface area contributed by atoms with Crippen LogP contribution in [0.5, 0.6) is 0 Å². The summed E-state index contributed by atoms with van der Waals surface area (Å²) in [5.74, 6) is -0.925. The van der Waals surface area contributed by atoms with Crippen LogP contribution in [-0.4, -0.2) is 17.2 Å². The standard InChI is InChI=1S/C12H11F2N3/c1-15-12(8-4-5-16-17-7-8)10-6-9(13)2-3-11(10)14/h2-7,12,15H,1H3. The van der Waals surface area contributed by atoms with Crippen LogP contribution < -0.4 is 5.32 Å². The number of rotatable bonds is 3. The first-order chi connectivity index (χ1) is 8.22. The van der Waals surface area contributed by atoms with Crippen molar-refractivity contribution >= 4 is 0 Å². The quantitative estimate of drug-likeness (QED) is 0.884.